The van der Waals surface area contributed by atoms with E-state index in [1.54, 1.807) is 0 Å². The lowest BCUT2D eigenvalue weighted by molar-refractivity contribution is 0.800. The highest BCUT2D eigenvalue weighted by Crippen LogP contribution is 2.63. The summed E-state index contributed by atoms with van der Waals surface area (Å²) in [5, 5.41) is 2.66. The molecule has 0 atom stereocenters. The largest absolute Gasteiger partial charge is 0.0731 e. The molecular weight excluding hydrogens is 360 g/mol. The quantitative estimate of drug-likeness (QED) is 0.256. The fourth-order valence-electron chi connectivity index (χ4n) is 6.03. The summed E-state index contributed by atoms with van der Waals surface area (Å²) in [5.74, 6) is 0. The SMILES string of the molecule is Cc1ccc2c(c1)C1(c3ccccc3-c3ccccc31)c1c-2ccc2ccccc12. The maximum atomic E-state index is 2.42. The second-order valence-corrected chi connectivity index (χ2v) is 8.60. The van der Waals surface area contributed by atoms with Gasteiger partial charge in [-0.25, -0.2) is 0 Å². The normalized spacial score (nSPS) is 14.4. The van der Waals surface area contributed by atoms with E-state index in [1.807, 2.05) is 0 Å². The van der Waals surface area contributed by atoms with Gasteiger partial charge in [0.2, 0.25) is 0 Å². The van der Waals surface area contributed by atoms with Crippen LogP contribution in [0.25, 0.3) is 33.0 Å². The molecule has 0 aliphatic heterocycles. The molecule has 0 saturated carbocycles. The molecule has 0 heterocycles. The van der Waals surface area contributed by atoms with Gasteiger partial charge in [-0.3, -0.25) is 0 Å². The van der Waals surface area contributed by atoms with Crippen LogP contribution in [0.2, 0.25) is 0 Å². The summed E-state index contributed by atoms with van der Waals surface area (Å²) in [6.07, 6.45) is 0. The summed E-state index contributed by atoms with van der Waals surface area (Å²) in [7, 11) is 0. The van der Waals surface area contributed by atoms with Gasteiger partial charge in [0.25, 0.3) is 0 Å². The van der Waals surface area contributed by atoms with Crippen molar-refractivity contribution in [2.45, 2.75) is 12.3 Å². The van der Waals surface area contributed by atoms with Crippen molar-refractivity contribution in [2.24, 2.45) is 0 Å². The van der Waals surface area contributed by atoms with Crippen LogP contribution < -0.4 is 0 Å². The summed E-state index contributed by atoms with van der Waals surface area (Å²) < 4.78 is 0. The molecule has 0 N–H and O–H groups in total. The molecule has 0 radical (unpaired) electrons. The molecule has 0 bridgehead atoms. The molecule has 0 nitrogen and oxygen atoms in total. The number of hydrogen-bond acceptors (Lipinski definition) is 0. The topological polar surface area (TPSA) is 0 Å². The molecule has 140 valence electrons. The molecule has 5 aromatic carbocycles. The van der Waals surface area contributed by atoms with Gasteiger partial charge in [0, 0.05) is 0 Å². The zero-order chi connectivity index (χ0) is 19.9. The van der Waals surface area contributed by atoms with E-state index in [2.05, 4.69) is 110 Å². The summed E-state index contributed by atoms with van der Waals surface area (Å²) in [6.45, 7) is 2.21. The summed E-state index contributed by atoms with van der Waals surface area (Å²) in [5.41, 5.74) is 12.2. The van der Waals surface area contributed by atoms with Gasteiger partial charge in [0.1, 0.15) is 0 Å². The van der Waals surface area contributed by atoms with Crippen LogP contribution in [0.5, 0.6) is 0 Å². The Labute approximate surface area is 176 Å². The van der Waals surface area contributed by atoms with Crippen molar-refractivity contribution in [1.29, 1.82) is 0 Å². The molecule has 7 rings (SSSR count). The number of rotatable bonds is 0. The summed E-state index contributed by atoms with van der Waals surface area (Å²) >= 11 is 0. The van der Waals surface area contributed by atoms with Crippen molar-refractivity contribution in [3.63, 3.8) is 0 Å². The van der Waals surface area contributed by atoms with Crippen LogP contribution in [0.4, 0.5) is 0 Å². The van der Waals surface area contributed by atoms with Crippen LogP contribution in [0.3, 0.4) is 0 Å². The average molecular weight is 380 g/mol. The highest BCUT2D eigenvalue weighted by molar-refractivity contribution is 6.03. The smallest absolute Gasteiger partial charge is 0.0619 e. The minimum absolute atomic E-state index is 0.259. The number of aryl methyl sites for hydroxylation is 1. The Bertz CT molecular complexity index is 1460. The Hall–Kier alpha value is -3.64. The lowest BCUT2D eigenvalue weighted by atomic mass is 9.69. The van der Waals surface area contributed by atoms with Gasteiger partial charge in [-0.05, 0) is 62.2 Å². The van der Waals surface area contributed by atoms with Gasteiger partial charge < -0.3 is 0 Å². The van der Waals surface area contributed by atoms with Crippen LogP contribution in [-0.2, 0) is 5.41 Å². The van der Waals surface area contributed by atoms with E-state index in [0.717, 1.165) is 0 Å². The third kappa shape index (κ3) is 1.74. The standard InChI is InChI=1S/C30H20/c1-19-14-16-24-25-17-15-20-8-2-3-9-21(20)29(25)30(28(24)18-19)26-12-6-4-10-22(26)23-11-5-7-13-27(23)30/h2-18H,1H3. The zero-order valence-electron chi connectivity index (χ0n) is 16.8. The molecule has 1 spiro atoms. The third-order valence-corrected chi connectivity index (χ3v) is 7.13. The van der Waals surface area contributed by atoms with E-state index < -0.39 is 0 Å². The molecule has 0 unspecified atom stereocenters. The van der Waals surface area contributed by atoms with Crippen LogP contribution in [0.1, 0.15) is 27.8 Å². The molecular formula is C30H20. The molecule has 0 aromatic heterocycles. The van der Waals surface area contributed by atoms with E-state index in [1.165, 1.54) is 60.8 Å². The second kappa shape index (κ2) is 5.49. The fraction of sp³-hybridized carbons (Fsp3) is 0.0667. The molecule has 0 heteroatoms. The molecule has 2 aliphatic carbocycles. The van der Waals surface area contributed by atoms with E-state index in [0.29, 0.717) is 0 Å². The predicted molar refractivity (Wildman–Crippen MR) is 125 cm³/mol. The Kier molecular flexibility index (Phi) is 2.96. The van der Waals surface area contributed by atoms with Gasteiger partial charge in [-0.15, -0.1) is 0 Å². The minimum atomic E-state index is -0.259. The first-order valence-corrected chi connectivity index (χ1v) is 10.6. The zero-order valence-corrected chi connectivity index (χ0v) is 16.8. The van der Waals surface area contributed by atoms with Crippen LogP contribution in [0, 0.1) is 6.92 Å². The Morgan fingerprint density at radius 3 is 1.87 bits per heavy atom. The van der Waals surface area contributed by atoms with Gasteiger partial charge in [-0.1, -0.05) is 109 Å². The van der Waals surface area contributed by atoms with Crippen molar-refractivity contribution in [1.82, 2.24) is 0 Å². The van der Waals surface area contributed by atoms with Crippen molar-refractivity contribution in [3.8, 4) is 22.3 Å². The summed E-state index contributed by atoms with van der Waals surface area (Å²) in [4.78, 5) is 0. The van der Waals surface area contributed by atoms with Gasteiger partial charge in [0.15, 0.2) is 0 Å². The first-order valence-electron chi connectivity index (χ1n) is 10.6. The van der Waals surface area contributed by atoms with Crippen LogP contribution >= 0.6 is 0 Å². The molecule has 30 heavy (non-hydrogen) atoms. The fourth-order valence-corrected chi connectivity index (χ4v) is 6.03. The second-order valence-electron chi connectivity index (χ2n) is 8.60. The Morgan fingerprint density at radius 2 is 1.10 bits per heavy atom. The maximum absolute atomic E-state index is 2.42. The molecule has 2 aliphatic rings. The van der Waals surface area contributed by atoms with Crippen LogP contribution in [0.15, 0.2) is 103 Å². The molecule has 5 aromatic rings. The minimum Gasteiger partial charge on any atom is -0.0619 e. The van der Waals surface area contributed by atoms with Gasteiger partial charge in [-0.2, -0.15) is 0 Å². The monoisotopic (exact) mass is 380 g/mol. The Morgan fingerprint density at radius 1 is 0.500 bits per heavy atom. The third-order valence-electron chi connectivity index (χ3n) is 7.13. The summed E-state index contributed by atoms with van der Waals surface area (Å²) in [6, 6.07) is 38.5. The first kappa shape index (κ1) is 16.2. The number of fused-ring (bicyclic) bond motifs is 12. The number of hydrogen-bond donors (Lipinski definition) is 0. The van der Waals surface area contributed by atoms with Gasteiger partial charge in [0.05, 0.1) is 5.41 Å². The molecule has 0 fully saturated rings. The van der Waals surface area contributed by atoms with E-state index in [-0.39, 0.29) is 5.41 Å². The van der Waals surface area contributed by atoms with E-state index in [9.17, 15) is 0 Å². The van der Waals surface area contributed by atoms with E-state index in [4.69, 9.17) is 0 Å². The molecule has 0 saturated heterocycles. The average Bonchev–Trinajstić information content (AvgIpc) is 3.26. The maximum Gasteiger partial charge on any atom is 0.0731 e. The number of benzene rings is 5. The van der Waals surface area contributed by atoms with Crippen molar-refractivity contribution in [3.05, 3.63) is 131 Å². The molecule has 0 amide bonds. The Balaban J connectivity index is 1.79. The van der Waals surface area contributed by atoms with Crippen molar-refractivity contribution < 1.29 is 0 Å². The highest BCUT2D eigenvalue weighted by atomic mass is 14.5. The van der Waals surface area contributed by atoms with Crippen LogP contribution in [-0.4, -0.2) is 0 Å². The van der Waals surface area contributed by atoms with E-state index >= 15 is 0 Å². The van der Waals surface area contributed by atoms with Crippen molar-refractivity contribution >= 4 is 10.8 Å². The lowest BCUT2D eigenvalue weighted by Gasteiger charge is -2.31. The lowest BCUT2D eigenvalue weighted by Crippen LogP contribution is -2.26. The first-order chi connectivity index (χ1) is 14.8. The predicted octanol–water partition coefficient (Wildman–Crippen LogP) is 7.49. The highest BCUT2D eigenvalue weighted by Gasteiger charge is 2.52. The van der Waals surface area contributed by atoms with Gasteiger partial charge >= 0.3 is 0 Å². The van der Waals surface area contributed by atoms with Crippen molar-refractivity contribution in [2.75, 3.05) is 0 Å².